The van der Waals surface area contributed by atoms with Crippen molar-refractivity contribution in [2.24, 2.45) is 5.73 Å². The van der Waals surface area contributed by atoms with Crippen LogP contribution in [0.3, 0.4) is 0 Å². The third-order valence-corrected chi connectivity index (χ3v) is 10.4. The van der Waals surface area contributed by atoms with Crippen LogP contribution in [0.2, 0.25) is 0 Å². The summed E-state index contributed by atoms with van der Waals surface area (Å²) in [5.74, 6) is -0.0777. The van der Waals surface area contributed by atoms with Gasteiger partial charge in [0.15, 0.2) is 0 Å². The van der Waals surface area contributed by atoms with Gasteiger partial charge in [-0.05, 0) is 121 Å². The van der Waals surface area contributed by atoms with Gasteiger partial charge in [-0.1, -0.05) is 38.1 Å². The number of hydrogen-bond donors (Lipinski definition) is 4. The fourth-order valence-electron chi connectivity index (χ4n) is 7.42. The predicted octanol–water partition coefficient (Wildman–Crippen LogP) is 2.83. The van der Waals surface area contributed by atoms with E-state index in [1.54, 1.807) is 0 Å². The summed E-state index contributed by atoms with van der Waals surface area (Å²) in [6, 6.07) is 16.1. The summed E-state index contributed by atoms with van der Waals surface area (Å²) in [5.41, 5.74) is 9.74. The fraction of sp³-hybridized carbons (Fsp3) is 0.641. The third kappa shape index (κ3) is 12.4. The van der Waals surface area contributed by atoms with Gasteiger partial charge in [-0.3, -0.25) is 29.2 Å². The van der Waals surface area contributed by atoms with Gasteiger partial charge in [-0.15, -0.1) is 0 Å². The second kappa shape index (κ2) is 21.5. The predicted molar refractivity (Wildman–Crippen MR) is 204 cm³/mol. The Balaban J connectivity index is 1.07. The molecule has 0 aromatic heterocycles. The zero-order chi connectivity index (χ0) is 35.7. The zero-order valence-electron chi connectivity index (χ0n) is 31.3. The molecule has 2 aromatic carbocycles. The first-order valence-electron chi connectivity index (χ1n) is 19.1. The van der Waals surface area contributed by atoms with Crippen molar-refractivity contribution in [3.63, 3.8) is 0 Å². The minimum atomic E-state index is -0.0396. The van der Waals surface area contributed by atoms with E-state index in [9.17, 15) is 9.59 Å². The minimum absolute atomic E-state index is 0.0381. The molecule has 11 heteroatoms. The number of nitrogens with zero attached hydrogens (tertiary/aromatic N) is 5. The summed E-state index contributed by atoms with van der Waals surface area (Å²) in [7, 11) is 4.42. The summed E-state index contributed by atoms with van der Waals surface area (Å²) >= 11 is 0. The third-order valence-electron chi connectivity index (χ3n) is 10.4. The van der Waals surface area contributed by atoms with Gasteiger partial charge in [-0.25, -0.2) is 0 Å². The highest BCUT2D eigenvalue weighted by atomic mass is 16.2. The Bertz CT molecular complexity index is 1280. The fourth-order valence-corrected chi connectivity index (χ4v) is 7.42. The summed E-state index contributed by atoms with van der Waals surface area (Å²) in [5, 5.41) is 9.54. The summed E-state index contributed by atoms with van der Waals surface area (Å²) in [4.78, 5) is 37.7. The molecule has 2 saturated heterocycles. The molecule has 2 aliphatic heterocycles. The van der Waals surface area contributed by atoms with Gasteiger partial charge in [0, 0.05) is 63.5 Å². The SMILES string of the molecule is CCN(Cc1ccc(C(=O)NCCNCCCN(CCN)CCNC(=O)c2ccc(CN(CC)C3CCCN3C)cc2)cc1)C1CCCN1C. The molecule has 0 saturated carbocycles. The lowest BCUT2D eigenvalue weighted by atomic mass is 10.1. The van der Waals surface area contributed by atoms with Crippen LogP contribution in [0.15, 0.2) is 48.5 Å². The van der Waals surface area contributed by atoms with Crippen molar-refractivity contribution < 1.29 is 9.59 Å². The number of nitrogens with two attached hydrogens (primary N) is 1. The maximum Gasteiger partial charge on any atom is 0.251 e. The van der Waals surface area contributed by atoms with E-state index in [-0.39, 0.29) is 11.8 Å². The molecule has 2 fully saturated rings. The van der Waals surface area contributed by atoms with Crippen LogP contribution in [-0.2, 0) is 13.1 Å². The molecule has 0 aliphatic carbocycles. The Hall–Kier alpha value is -2.90. The summed E-state index contributed by atoms with van der Waals surface area (Å²) in [6.07, 6.45) is 6.92. The maximum atomic E-state index is 12.8. The standard InChI is InChI=1S/C39H65N9O2/c1-5-47(36-10-7-25-44(36)3)30-32-12-16-34(17-13-32)38(49)42-23-22-41-21-9-27-46(28-20-40)29-24-43-39(50)35-18-14-33(15-19-35)31-48(6-2)37-11-8-26-45(37)4/h12-19,36-37,41H,5-11,20-31,40H2,1-4H3,(H,42,49)(H,43,50). The molecule has 2 atom stereocenters. The molecule has 0 spiro atoms. The highest BCUT2D eigenvalue weighted by Gasteiger charge is 2.27. The highest BCUT2D eigenvalue weighted by Crippen LogP contribution is 2.22. The van der Waals surface area contributed by atoms with E-state index in [1.165, 1.54) is 36.8 Å². The van der Waals surface area contributed by atoms with Gasteiger partial charge in [0.25, 0.3) is 11.8 Å². The van der Waals surface area contributed by atoms with Gasteiger partial charge in [-0.2, -0.15) is 0 Å². The van der Waals surface area contributed by atoms with Crippen LogP contribution in [0.25, 0.3) is 0 Å². The zero-order valence-corrected chi connectivity index (χ0v) is 31.3. The van der Waals surface area contributed by atoms with Crippen LogP contribution in [0.5, 0.6) is 0 Å². The summed E-state index contributed by atoms with van der Waals surface area (Å²) < 4.78 is 0. The number of hydrogen-bond acceptors (Lipinski definition) is 9. The Labute approximate surface area is 301 Å². The smallest absolute Gasteiger partial charge is 0.251 e. The second-order valence-electron chi connectivity index (χ2n) is 14.0. The number of carbonyl (C=O) groups is 2. The molecule has 0 bridgehead atoms. The molecule has 5 N–H and O–H groups in total. The molecule has 2 aromatic rings. The van der Waals surface area contributed by atoms with E-state index in [1.807, 2.05) is 24.3 Å². The van der Waals surface area contributed by atoms with Crippen molar-refractivity contribution in [1.82, 2.24) is 40.4 Å². The quantitative estimate of drug-likeness (QED) is 0.139. The largest absolute Gasteiger partial charge is 0.351 e. The second-order valence-corrected chi connectivity index (χ2v) is 14.0. The molecular formula is C39H65N9O2. The van der Waals surface area contributed by atoms with Crippen LogP contribution in [0, 0.1) is 0 Å². The van der Waals surface area contributed by atoms with E-state index in [2.05, 4.69) is 92.7 Å². The van der Waals surface area contributed by atoms with Crippen molar-refractivity contribution in [3.05, 3.63) is 70.8 Å². The Morgan fingerprint density at radius 3 is 1.64 bits per heavy atom. The number of rotatable bonds is 22. The van der Waals surface area contributed by atoms with E-state index in [4.69, 9.17) is 5.73 Å². The van der Waals surface area contributed by atoms with E-state index < -0.39 is 0 Å². The van der Waals surface area contributed by atoms with Crippen molar-refractivity contribution in [2.45, 2.75) is 71.4 Å². The van der Waals surface area contributed by atoms with Crippen molar-refractivity contribution in [3.8, 4) is 0 Å². The van der Waals surface area contributed by atoms with Gasteiger partial charge >= 0.3 is 0 Å². The number of likely N-dealkylation sites (tertiary alicyclic amines) is 2. The maximum absolute atomic E-state index is 12.8. The average Bonchev–Trinajstić information content (AvgIpc) is 3.76. The molecule has 0 radical (unpaired) electrons. The molecule has 2 unspecified atom stereocenters. The first kappa shape index (κ1) is 39.9. The minimum Gasteiger partial charge on any atom is -0.351 e. The van der Waals surface area contributed by atoms with Crippen molar-refractivity contribution in [2.75, 3.05) is 92.6 Å². The molecule has 2 amide bonds. The molecule has 2 aliphatic rings. The number of amides is 2. The van der Waals surface area contributed by atoms with E-state index in [0.717, 1.165) is 71.9 Å². The van der Waals surface area contributed by atoms with Gasteiger partial charge in [0.2, 0.25) is 0 Å². The van der Waals surface area contributed by atoms with E-state index >= 15 is 0 Å². The number of nitrogens with one attached hydrogen (secondary N) is 3. The molecular weight excluding hydrogens is 626 g/mol. The van der Waals surface area contributed by atoms with Crippen LogP contribution >= 0.6 is 0 Å². The molecule has 4 rings (SSSR count). The molecule has 278 valence electrons. The van der Waals surface area contributed by atoms with Crippen molar-refractivity contribution >= 4 is 11.8 Å². The lowest BCUT2D eigenvalue weighted by molar-refractivity contribution is 0.0917. The Morgan fingerprint density at radius 1 is 0.700 bits per heavy atom. The first-order valence-corrected chi connectivity index (χ1v) is 19.1. The lowest BCUT2D eigenvalue weighted by Gasteiger charge is -2.32. The Morgan fingerprint density at radius 2 is 1.20 bits per heavy atom. The monoisotopic (exact) mass is 692 g/mol. The number of carbonyl (C=O) groups excluding carboxylic acids is 2. The van der Waals surface area contributed by atoms with E-state index in [0.29, 0.717) is 49.6 Å². The highest BCUT2D eigenvalue weighted by molar-refractivity contribution is 5.94. The van der Waals surface area contributed by atoms with Gasteiger partial charge in [0.05, 0.1) is 12.3 Å². The van der Waals surface area contributed by atoms with Crippen molar-refractivity contribution in [1.29, 1.82) is 0 Å². The summed E-state index contributed by atoms with van der Waals surface area (Å²) in [6.45, 7) is 16.3. The van der Waals surface area contributed by atoms with Gasteiger partial charge in [0.1, 0.15) is 0 Å². The van der Waals surface area contributed by atoms with Crippen LogP contribution in [0.4, 0.5) is 0 Å². The molecule has 50 heavy (non-hydrogen) atoms. The Kier molecular flexibility index (Phi) is 17.1. The lowest BCUT2D eigenvalue weighted by Crippen LogP contribution is -2.42. The topological polar surface area (TPSA) is 112 Å². The number of benzene rings is 2. The molecule has 11 nitrogen and oxygen atoms in total. The van der Waals surface area contributed by atoms with Crippen LogP contribution < -0.4 is 21.7 Å². The first-order chi connectivity index (χ1) is 24.3. The van der Waals surface area contributed by atoms with Gasteiger partial charge < -0.3 is 26.6 Å². The normalized spacial score (nSPS) is 18.5. The average molecular weight is 692 g/mol. The van der Waals surface area contributed by atoms with Crippen LogP contribution in [-0.4, -0.2) is 141 Å². The molecule has 2 heterocycles. The van der Waals surface area contributed by atoms with Crippen LogP contribution in [0.1, 0.15) is 77.8 Å².